The van der Waals surface area contributed by atoms with Gasteiger partial charge in [0.05, 0.1) is 13.3 Å². The van der Waals surface area contributed by atoms with Gasteiger partial charge in [-0.05, 0) is 49.7 Å². The summed E-state index contributed by atoms with van der Waals surface area (Å²) < 4.78 is 16.7. The van der Waals surface area contributed by atoms with Crippen molar-refractivity contribution in [3.05, 3.63) is 54.9 Å². The minimum Gasteiger partial charge on any atom is -0.493 e. The Morgan fingerprint density at radius 1 is 1.09 bits per heavy atom. The quantitative estimate of drug-likeness (QED) is 0.397. The van der Waals surface area contributed by atoms with E-state index in [4.69, 9.17) is 19.6 Å². The molecule has 0 atom stereocenters. The second kappa shape index (κ2) is 9.43. The highest BCUT2D eigenvalue weighted by molar-refractivity contribution is 5.75. The minimum atomic E-state index is -0.575. The number of nitrogens with zero attached hydrogens (tertiary/aromatic N) is 4. The van der Waals surface area contributed by atoms with Gasteiger partial charge in [-0.2, -0.15) is 5.10 Å². The number of amides is 1. The van der Waals surface area contributed by atoms with Crippen LogP contribution in [0.1, 0.15) is 13.8 Å². The summed E-state index contributed by atoms with van der Waals surface area (Å²) in [4.78, 5) is 12.9. The second-order valence-electron chi connectivity index (χ2n) is 7.51. The van der Waals surface area contributed by atoms with E-state index in [1.807, 2.05) is 49.2 Å². The van der Waals surface area contributed by atoms with E-state index in [9.17, 15) is 4.79 Å². The van der Waals surface area contributed by atoms with Crippen LogP contribution in [0, 0.1) is 0 Å². The molecule has 0 fully saturated rings. The van der Waals surface area contributed by atoms with E-state index >= 15 is 0 Å². The number of primary amides is 1. The fourth-order valence-corrected chi connectivity index (χ4v) is 3.35. The lowest BCUT2D eigenvalue weighted by Crippen LogP contribution is -2.25. The normalized spacial score (nSPS) is 10.9. The highest BCUT2D eigenvalue weighted by atomic mass is 16.5. The molecule has 0 aliphatic rings. The maximum absolute atomic E-state index is 11.0. The third-order valence-electron chi connectivity index (χ3n) is 4.89. The molecule has 0 aliphatic heterocycles. The summed E-state index contributed by atoms with van der Waals surface area (Å²) in [7, 11) is 1.50. The third kappa shape index (κ3) is 4.79. The Morgan fingerprint density at radius 3 is 2.48 bits per heavy atom. The molecule has 10 heteroatoms. The van der Waals surface area contributed by atoms with Crippen LogP contribution in [-0.4, -0.2) is 46.1 Å². The largest absolute Gasteiger partial charge is 0.493 e. The molecule has 0 saturated heterocycles. The van der Waals surface area contributed by atoms with Crippen molar-refractivity contribution in [1.29, 1.82) is 0 Å². The number of hydrogen-bond acceptors (Lipinski definition) is 8. The topological polar surface area (TPSA) is 132 Å². The zero-order valence-corrected chi connectivity index (χ0v) is 18.5. The highest BCUT2D eigenvalue weighted by Gasteiger charge is 2.21. The zero-order chi connectivity index (χ0) is 23.4. The summed E-state index contributed by atoms with van der Waals surface area (Å²) in [6.07, 6.45) is 3.62. The number of nitrogens with one attached hydrogen (secondary N) is 1. The number of aromatic nitrogens is 4. The average Bonchev–Trinajstić information content (AvgIpc) is 3.51. The third-order valence-corrected chi connectivity index (χ3v) is 4.89. The molecule has 0 aliphatic carbocycles. The number of hydrogen-bond donors (Lipinski definition) is 2. The van der Waals surface area contributed by atoms with Crippen molar-refractivity contribution < 1.29 is 18.7 Å². The van der Waals surface area contributed by atoms with E-state index in [1.165, 1.54) is 7.11 Å². The summed E-state index contributed by atoms with van der Waals surface area (Å²) in [5.74, 6) is 0.560. The molecular formula is C23H24N6O4. The monoisotopic (exact) mass is 448 g/mol. The van der Waals surface area contributed by atoms with Crippen LogP contribution in [0.2, 0.25) is 0 Å². The molecule has 170 valence electrons. The highest BCUT2D eigenvalue weighted by Crippen LogP contribution is 2.35. The maximum atomic E-state index is 11.0. The van der Waals surface area contributed by atoms with Gasteiger partial charge < -0.3 is 19.6 Å². The molecular weight excluding hydrogens is 424 g/mol. The predicted octanol–water partition coefficient (Wildman–Crippen LogP) is 3.55. The predicted molar refractivity (Wildman–Crippen MR) is 122 cm³/mol. The Bertz CT molecular complexity index is 1220. The molecule has 0 saturated carbocycles. The molecule has 2 heterocycles. The van der Waals surface area contributed by atoms with Crippen LogP contribution in [0.25, 0.3) is 22.6 Å². The number of benzene rings is 2. The van der Waals surface area contributed by atoms with Gasteiger partial charge in [0.2, 0.25) is 5.89 Å². The van der Waals surface area contributed by atoms with Crippen LogP contribution >= 0.6 is 0 Å². The molecule has 1 amide bonds. The molecule has 0 spiro atoms. The molecule has 2 aromatic carbocycles. The summed E-state index contributed by atoms with van der Waals surface area (Å²) in [5, 5.41) is 15.3. The van der Waals surface area contributed by atoms with Crippen LogP contribution in [0.3, 0.4) is 0 Å². The first-order chi connectivity index (χ1) is 16.0. The Morgan fingerprint density at radius 2 is 1.85 bits per heavy atom. The molecule has 2 aromatic heterocycles. The Kier molecular flexibility index (Phi) is 6.25. The Labute approximate surface area is 190 Å². The van der Waals surface area contributed by atoms with Gasteiger partial charge in [0.1, 0.15) is 0 Å². The van der Waals surface area contributed by atoms with Gasteiger partial charge in [0.25, 0.3) is 5.91 Å². The summed E-state index contributed by atoms with van der Waals surface area (Å²) in [6.45, 7) is 3.84. The van der Waals surface area contributed by atoms with Crippen molar-refractivity contribution in [2.24, 2.45) is 5.73 Å². The number of carbonyl (C=O) groups excluding carboxylic acids is 1. The van der Waals surface area contributed by atoms with Crippen LogP contribution in [0.5, 0.6) is 11.5 Å². The minimum absolute atomic E-state index is 0.0668. The van der Waals surface area contributed by atoms with Crippen LogP contribution < -0.4 is 20.1 Å². The molecule has 0 radical (unpaired) electrons. The smallest absolute Gasteiger partial charge is 0.323 e. The van der Waals surface area contributed by atoms with Crippen molar-refractivity contribution in [3.63, 3.8) is 0 Å². The van der Waals surface area contributed by atoms with Crippen molar-refractivity contribution in [2.45, 2.75) is 19.9 Å². The van der Waals surface area contributed by atoms with Gasteiger partial charge in [-0.3, -0.25) is 14.8 Å². The van der Waals surface area contributed by atoms with Gasteiger partial charge in [0.15, 0.2) is 18.1 Å². The zero-order valence-electron chi connectivity index (χ0n) is 18.5. The van der Waals surface area contributed by atoms with Gasteiger partial charge >= 0.3 is 6.01 Å². The average molecular weight is 448 g/mol. The van der Waals surface area contributed by atoms with Crippen molar-refractivity contribution >= 4 is 17.6 Å². The van der Waals surface area contributed by atoms with E-state index in [-0.39, 0.29) is 12.6 Å². The first-order valence-electron chi connectivity index (χ1n) is 10.3. The van der Waals surface area contributed by atoms with Crippen molar-refractivity contribution in [2.75, 3.05) is 18.6 Å². The summed E-state index contributed by atoms with van der Waals surface area (Å²) >= 11 is 0. The molecule has 3 N–H and O–H groups in total. The van der Waals surface area contributed by atoms with Crippen molar-refractivity contribution in [1.82, 2.24) is 20.4 Å². The molecule has 4 aromatic rings. The molecule has 0 bridgehead atoms. The first-order valence-corrected chi connectivity index (χ1v) is 10.3. The number of anilines is 2. The molecule has 0 unspecified atom stereocenters. The lowest BCUT2D eigenvalue weighted by molar-refractivity contribution is -0.119. The van der Waals surface area contributed by atoms with E-state index in [0.717, 1.165) is 16.8 Å². The van der Waals surface area contributed by atoms with Crippen LogP contribution in [0.4, 0.5) is 11.7 Å². The fourth-order valence-electron chi connectivity index (χ4n) is 3.35. The fraction of sp³-hybridized carbons (Fsp3) is 0.217. The van der Waals surface area contributed by atoms with Crippen LogP contribution in [0.15, 0.2) is 59.3 Å². The maximum Gasteiger partial charge on any atom is 0.323 e. The second-order valence-corrected chi connectivity index (χ2v) is 7.51. The molecule has 4 rings (SSSR count). The van der Waals surface area contributed by atoms with E-state index in [1.54, 1.807) is 24.4 Å². The standard InChI is InChI=1S/C23H24N6O4/c1-14(2)29(18-7-4-15(5-8-18)17-11-25-26-12-17)23-28-27-22(33-23)16-6-9-19(20(10-16)31-3)32-13-21(24)30/h4-12,14H,13H2,1-3H3,(H2,24,30)(H,25,26). The van der Waals surface area contributed by atoms with Gasteiger partial charge in [-0.25, -0.2) is 0 Å². The van der Waals surface area contributed by atoms with Crippen LogP contribution in [-0.2, 0) is 4.79 Å². The lowest BCUT2D eigenvalue weighted by Gasteiger charge is -2.24. The Balaban J connectivity index is 1.59. The number of nitrogens with two attached hydrogens (primary N) is 1. The van der Waals surface area contributed by atoms with Gasteiger partial charge in [-0.1, -0.05) is 17.2 Å². The summed E-state index contributed by atoms with van der Waals surface area (Å²) in [6, 6.07) is 13.6. The molecule has 10 nitrogen and oxygen atoms in total. The number of rotatable bonds is 9. The summed E-state index contributed by atoms with van der Waals surface area (Å²) in [5.41, 5.74) is 8.77. The lowest BCUT2D eigenvalue weighted by atomic mass is 10.1. The van der Waals surface area contributed by atoms with Crippen molar-refractivity contribution in [3.8, 4) is 34.1 Å². The van der Waals surface area contributed by atoms with Gasteiger partial charge in [-0.15, -0.1) is 5.10 Å². The Hall–Kier alpha value is -4.34. The number of methoxy groups -OCH3 is 1. The molecule has 33 heavy (non-hydrogen) atoms. The van der Waals surface area contributed by atoms with Gasteiger partial charge in [0, 0.05) is 29.1 Å². The van der Waals surface area contributed by atoms with E-state index < -0.39 is 5.91 Å². The first kappa shape index (κ1) is 21.9. The van der Waals surface area contributed by atoms with E-state index in [0.29, 0.717) is 29.0 Å². The number of carbonyl (C=O) groups is 1. The number of H-pyrrole nitrogens is 1. The number of aromatic amines is 1. The SMILES string of the molecule is COc1cc(-c2nnc(N(c3ccc(-c4cn[nH]c4)cc3)C(C)C)o2)ccc1OCC(N)=O. The van der Waals surface area contributed by atoms with E-state index in [2.05, 4.69) is 20.4 Å². The number of ether oxygens (including phenoxy) is 2.